The van der Waals surface area contributed by atoms with Crippen molar-refractivity contribution in [3.63, 3.8) is 0 Å². The average molecular weight is 453 g/mol. The Morgan fingerprint density at radius 2 is 1.55 bits per heavy atom. The number of hydrogen-bond acceptors (Lipinski definition) is 7. The van der Waals surface area contributed by atoms with Crippen LogP contribution in [0.2, 0.25) is 0 Å². The third-order valence-electron chi connectivity index (χ3n) is 5.69. The molecule has 0 atom stereocenters. The number of fused-ring (bicyclic) bond motifs is 1. The van der Waals surface area contributed by atoms with Gasteiger partial charge in [0.2, 0.25) is 0 Å². The van der Waals surface area contributed by atoms with Gasteiger partial charge in [-0.25, -0.2) is 4.79 Å². The van der Waals surface area contributed by atoms with Crippen molar-refractivity contribution in [3.8, 4) is 28.4 Å². The van der Waals surface area contributed by atoms with Gasteiger partial charge in [0.1, 0.15) is 5.75 Å². The Balaban J connectivity index is 2.42. The zero-order valence-corrected chi connectivity index (χ0v) is 20.2. The molecule has 3 rings (SSSR count). The molecule has 0 aliphatic carbocycles. The second-order valence-electron chi connectivity index (χ2n) is 7.44. The van der Waals surface area contributed by atoms with Crippen molar-refractivity contribution in [1.29, 1.82) is 0 Å². The second kappa shape index (κ2) is 11.0. The lowest BCUT2D eigenvalue weighted by Gasteiger charge is -2.22. The first-order chi connectivity index (χ1) is 16.0. The van der Waals surface area contributed by atoms with Crippen LogP contribution < -0.4 is 14.2 Å². The van der Waals surface area contributed by atoms with Gasteiger partial charge in [-0.1, -0.05) is 26.0 Å². The Bertz CT molecular complexity index is 1110. The Morgan fingerprint density at radius 1 is 0.909 bits per heavy atom. The number of rotatable bonds is 10. The molecule has 0 unspecified atom stereocenters. The van der Waals surface area contributed by atoms with Crippen molar-refractivity contribution in [1.82, 2.24) is 9.88 Å². The maximum atomic E-state index is 13.3. The molecule has 0 aliphatic heterocycles. The number of esters is 1. The van der Waals surface area contributed by atoms with Crippen LogP contribution >= 0.6 is 0 Å². The summed E-state index contributed by atoms with van der Waals surface area (Å²) in [5.74, 6) is 1.48. The van der Waals surface area contributed by atoms with E-state index >= 15 is 0 Å². The number of pyridine rings is 1. The summed E-state index contributed by atoms with van der Waals surface area (Å²) in [6.45, 7) is 8.45. The minimum atomic E-state index is -0.394. The van der Waals surface area contributed by atoms with Crippen LogP contribution in [0.3, 0.4) is 0 Å². The standard InChI is InChI=1S/C26H32N2O5/c1-7-28(8-2)16-21-25(26(29)33-9-3)24(17-10-12-18(30-4)13-11-17)19-14-22(31-5)23(32-6)15-20(19)27-21/h10-15H,7-9,16H2,1-6H3. The molecule has 0 saturated carbocycles. The molecule has 1 heterocycles. The lowest BCUT2D eigenvalue weighted by atomic mass is 9.93. The molecule has 0 fully saturated rings. The van der Waals surface area contributed by atoms with Crippen LogP contribution in [0.1, 0.15) is 36.8 Å². The Hall–Kier alpha value is -3.32. The largest absolute Gasteiger partial charge is 0.497 e. The van der Waals surface area contributed by atoms with E-state index in [1.165, 1.54) is 0 Å². The van der Waals surface area contributed by atoms with Crippen LogP contribution in [0.5, 0.6) is 17.2 Å². The lowest BCUT2D eigenvalue weighted by molar-refractivity contribution is 0.0524. The number of ether oxygens (including phenoxy) is 4. The quantitative estimate of drug-likeness (QED) is 0.403. The predicted molar refractivity (Wildman–Crippen MR) is 129 cm³/mol. The van der Waals surface area contributed by atoms with Crippen molar-refractivity contribution in [3.05, 3.63) is 47.7 Å². The maximum Gasteiger partial charge on any atom is 0.340 e. The minimum absolute atomic E-state index is 0.273. The Kier molecular flexibility index (Phi) is 8.11. The summed E-state index contributed by atoms with van der Waals surface area (Å²) in [6.07, 6.45) is 0. The summed E-state index contributed by atoms with van der Waals surface area (Å²) in [5, 5.41) is 0.782. The summed E-state index contributed by atoms with van der Waals surface area (Å²) in [6, 6.07) is 11.3. The van der Waals surface area contributed by atoms with Gasteiger partial charge >= 0.3 is 5.97 Å². The van der Waals surface area contributed by atoms with Gasteiger partial charge in [-0.05, 0) is 43.8 Å². The number of nitrogens with zero attached hydrogens (tertiary/aromatic N) is 2. The first-order valence-corrected chi connectivity index (χ1v) is 11.1. The number of benzene rings is 2. The fourth-order valence-corrected chi connectivity index (χ4v) is 3.90. The number of hydrogen-bond donors (Lipinski definition) is 0. The first kappa shape index (κ1) is 24.3. The van der Waals surface area contributed by atoms with E-state index in [0.29, 0.717) is 34.8 Å². The average Bonchev–Trinajstić information content (AvgIpc) is 2.85. The van der Waals surface area contributed by atoms with Gasteiger partial charge in [0, 0.05) is 23.6 Å². The maximum absolute atomic E-state index is 13.3. The highest BCUT2D eigenvalue weighted by molar-refractivity contribution is 6.08. The molecule has 0 saturated heterocycles. The van der Waals surface area contributed by atoms with Gasteiger partial charge in [0.05, 0.1) is 44.7 Å². The summed E-state index contributed by atoms with van der Waals surface area (Å²) in [4.78, 5) is 20.4. The molecule has 7 nitrogen and oxygen atoms in total. The molecule has 7 heteroatoms. The molecule has 33 heavy (non-hydrogen) atoms. The lowest BCUT2D eigenvalue weighted by Crippen LogP contribution is -2.25. The van der Waals surface area contributed by atoms with E-state index in [-0.39, 0.29) is 6.61 Å². The molecule has 0 N–H and O–H groups in total. The van der Waals surface area contributed by atoms with Crippen molar-refractivity contribution in [2.45, 2.75) is 27.3 Å². The summed E-state index contributed by atoms with van der Waals surface area (Å²) in [7, 11) is 4.81. The smallest absolute Gasteiger partial charge is 0.340 e. The van der Waals surface area contributed by atoms with E-state index in [9.17, 15) is 4.79 Å². The second-order valence-corrected chi connectivity index (χ2v) is 7.44. The van der Waals surface area contributed by atoms with E-state index in [1.54, 1.807) is 28.3 Å². The molecule has 0 amide bonds. The zero-order chi connectivity index (χ0) is 24.0. The summed E-state index contributed by atoms with van der Waals surface area (Å²) < 4.78 is 21.9. The third-order valence-corrected chi connectivity index (χ3v) is 5.69. The number of carbonyl (C=O) groups excluding carboxylic acids is 1. The number of carbonyl (C=O) groups is 1. The van der Waals surface area contributed by atoms with Crippen molar-refractivity contribution in [2.24, 2.45) is 0 Å². The number of methoxy groups -OCH3 is 3. The SMILES string of the molecule is CCOC(=O)c1c(CN(CC)CC)nc2cc(OC)c(OC)cc2c1-c1ccc(OC)cc1. The highest BCUT2D eigenvalue weighted by Gasteiger charge is 2.25. The molecule has 0 radical (unpaired) electrons. The van der Waals surface area contributed by atoms with E-state index in [1.807, 2.05) is 36.4 Å². The minimum Gasteiger partial charge on any atom is -0.497 e. The summed E-state index contributed by atoms with van der Waals surface area (Å²) >= 11 is 0. The molecule has 0 bridgehead atoms. The van der Waals surface area contributed by atoms with Gasteiger partial charge in [0.15, 0.2) is 11.5 Å². The Morgan fingerprint density at radius 3 is 2.09 bits per heavy atom. The van der Waals surface area contributed by atoms with Gasteiger partial charge in [-0.15, -0.1) is 0 Å². The van der Waals surface area contributed by atoms with Crippen LogP contribution in [0.25, 0.3) is 22.0 Å². The fourth-order valence-electron chi connectivity index (χ4n) is 3.90. The Labute approximate surface area is 195 Å². The van der Waals surface area contributed by atoms with E-state index in [0.717, 1.165) is 35.4 Å². The van der Waals surface area contributed by atoms with Gasteiger partial charge in [-0.2, -0.15) is 0 Å². The third kappa shape index (κ3) is 5.03. The molecule has 3 aromatic rings. The van der Waals surface area contributed by atoms with Crippen LogP contribution in [0, 0.1) is 0 Å². The highest BCUT2D eigenvalue weighted by Crippen LogP contribution is 2.40. The van der Waals surface area contributed by atoms with E-state index < -0.39 is 5.97 Å². The van der Waals surface area contributed by atoms with E-state index in [4.69, 9.17) is 23.9 Å². The zero-order valence-electron chi connectivity index (χ0n) is 20.2. The van der Waals surface area contributed by atoms with Crippen LogP contribution in [0.15, 0.2) is 36.4 Å². The molecule has 0 aliphatic rings. The molecule has 176 valence electrons. The fraction of sp³-hybridized carbons (Fsp3) is 0.385. The predicted octanol–water partition coefficient (Wildman–Crippen LogP) is 4.95. The molecular formula is C26H32N2O5. The highest BCUT2D eigenvalue weighted by atomic mass is 16.5. The van der Waals surface area contributed by atoms with Gasteiger partial charge in [0.25, 0.3) is 0 Å². The van der Waals surface area contributed by atoms with Crippen molar-refractivity contribution in [2.75, 3.05) is 41.0 Å². The van der Waals surface area contributed by atoms with Crippen LogP contribution in [0.4, 0.5) is 0 Å². The monoisotopic (exact) mass is 452 g/mol. The first-order valence-electron chi connectivity index (χ1n) is 11.1. The molecule has 0 spiro atoms. The van der Waals surface area contributed by atoms with Crippen molar-refractivity contribution >= 4 is 16.9 Å². The summed E-state index contributed by atoms with van der Waals surface area (Å²) in [5.41, 5.74) is 3.47. The van der Waals surface area contributed by atoms with Crippen LogP contribution in [-0.2, 0) is 11.3 Å². The van der Waals surface area contributed by atoms with E-state index in [2.05, 4.69) is 18.7 Å². The van der Waals surface area contributed by atoms with Gasteiger partial charge < -0.3 is 18.9 Å². The molecule has 1 aromatic heterocycles. The topological polar surface area (TPSA) is 70.1 Å². The van der Waals surface area contributed by atoms with Crippen LogP contribution in [-0.4, -0.2) is 56.9 Å². The molecule has 2 aromatic carbocycles. The van der Waals surface area contributed by atoms with Crippen molar-refractivity contribution < 1.29 is 23.7 Å². The molecular weight excluding hydrogens is 420 g/mol. The normalized spacial score (nSPS) is 11.0. The van der Waals surface area contributed by atoms with Gasteiger partial charge in [-0.3, -0.25) is 9.88 Å². The number of aromatic nitrogens is 1.